The molecular formula is C16H18O2. The first kappa shape index (κ1) is 12.8. The highest BCUT2D eigenvalue weighted by Crippen LogP contribution is 2.19. The summed E-state index contributed by atoms with van der Waals surface area (Å²) in [5, 5.41) is 2.32. The monoisotopic (exact) mass is 242 g/mol. The third-order valence-corrected chi connectivity index (χ3v) is 3.11. The molecule has 18 heavy (non-hydrogen) atoms. The highest BCUT2D eigenvalue weighted by Gasteiger charge is 2.14. The van der Waals surface area contributed by atoms with Crippen LogP contribution in [-0.4, -0.2) is 18.5 Å². The first-order valence-electron chi connectivity index (χ1n) is 6.33. The van der Waals surface area contributed by atoms with Crippen LogP contribution in [0.3, 0.4) is 0 Å². The van der Waals surface area contributed by atoms with Crippen molar-refractivity contribution in [3.8, 4) is 0 Å². The first-order chi connectivity index (χ1) is 8.72. The molecule has 1 atom stereocenters. The summed E-state index contributed by atoms with van der Waals surface area (Å²) in [6.45, 7) is 4.29. The molecule has 0 amide bonds. The van der Waals surface area contributed by atoms with Crippen molar-refractivity contribution >= 4 is 16.6 Å². The lowest BCUT2D eigenvalue weighted by molar-refractivity contribution is -0.128. The van der Waals surface area contributed by atoms with E-state index in [4.69, 9.17) is 4.74 Å². The van der Waals surface area contributed by atoms with Crippen molar-refractivity contribution in [2.75, 3.05) is 6.61 Å². The standard InChI is InChI=1S/C16H18O2/c1-3-18-12(2)16(17)11-14-9-6-8-13-7-4-5-10-15(13)14/h4-10,12H,3,11H2,1-2H3. The van der Waals surface area contributed by atoms with Crippen molar-refractivity contribution < 1.29 is 9.53 Å². The van der Waals surface area contributed by atoms with Crippen LogP contribution < -0.4 is 0 Å². The number of ether oxygens (including phenoxy) is 1. The minimum atomic E-state index is -0.325. The zero-order valence-electron chi connectivity index (χ0n) is 10.8. The largest absolute Gasteiger partial charge is 0.371 e. The van der Waals surface area contributed by atoms with Crippen molar-refractivity contribution in [3.63, 3.8) is 0 Å². The zero-order valence-corrected chi connectivity index (χ0v) is 10.8. The van der Waals surface area contributed by atoms with Gasteiger partial charge in [-0.3, -0.25) is 4.79 Å². The van der Waals surface area contributed by atoms with Gasteiger partial charge in [-0.15, -0.1) is 0 Å². The van der Waals surface area contributed by atoms with Gasteiger partial charge in [-0.2, -0.15) is 0 Å². The second-order valence-corrected chi connectivity index (χ2v) is 4.38. The molecule has 0 aliphatic carbocycles. The summed E-state index contributed by atoms with van der Waals surface area (Å²) >= 11 is 0. The molecule has 0 aliphatic heterocycles. The third-order valence-electron chi connectivity index (χ3n) is 3.11. The van der Waals surface area contributed by atoms with Gasteiger partial charge in [-0.1, -0.05) is 42.5 Å². The number of rotatable bonds is 5. The predicted octanol–water partition coefficient (Wildman–Crippen LogP) is 3.38. The van der Waals surface area contributed by atoms with E-state index in [0.29, 0.717) is 13.0 Å². The van der Waals surface area contributed by atoms with Crippen molar-refractivity contribution in [2.45, 2.75) is 26.4 Å². The van der Waals surface area contributed by atoms with Crippen LogP contribution in [0.2, 0.25) is 0 Å². The Bertz CT molecular complexity index is 540. The SMILES string of the molecule is CCOC(C)C(=O)Cc1cccc2ccccc12. The molecule has 1 unspecified atom stereocenters. The molecule has 94 valence electrons. The number of fused-ring (bicyclic) bond motifs is 1. The van der Waals surface area contributed by atoms with Gasteiger partial charge in [0.1, 0.15) is 6.10 Å². The predicted molar refractivity (Wildman–Crippen MR) is 73.7 cm³/mol. The van der Waals surface area contributed by atoms with Crippen LogP contribution in [0.25, 0.3) is 10.8 Å². The molecule has 2 aromatic carbocycles. The van der Waals surface area contributed by atoms with Crippen LogP contribution in [-0.2, 0) is 16.0 Å². The molecule has 0 aromatic heterocycles. The Morgan fingerprint density at radius 3 is 2.67 bits per heavy atom. The quantitative estimate of drug-likeness (QED) is 0.803. The van der Waals surface area contributed by atoms with Gasteiger partial charge >= 0.3 is 0 Å². The summed E-state index contributed by atoms with van der Waals surface area (Å²) in [4.78, 5) is 12.0. The molecule has 0 heterocycles. The van der Waals surface area contributed by atoms with E-state index in [9.17, 15) is 4.79 Å². The van der Waals surface area contributed by atoms with Gasteiger partial charge in [0, 0.05) is 13.0 Å². The third kappa shape index (κ3) is 2.77. The Morgan fingerprint density at radius 1 is 1.17 bits per heavy atom. The minimum absolute atomic E-state index is 0.133. The van der Waals surface area contributed by atoms with Crippen LogP contribution in [0.15, 0.2) is 42.5 Å². The van der Waals surface area contributed by atoms with Crippen LogP contribution in [0.1, 0.15) is 19.4 Å². The van der Waals surface area contributed by atoms with E-state index < -0.39 is 0 Å². The highest BCUT2D eigenvalue weighted by atomic mass is 16.5. The van der Waals surface area contributed by atoms with Crippen LogP contribution in [0, 0.1) is 0 Å². The van der Waals surface area contributed by atoms with Gasteiger partial charge in [-0.25, -0.2) is 0 Å². The number of hydrogen-bond acceptors (Lipinski definition) is 2. The molecule has 0 N–H and O–H groups in total. The molecule has 0 saturated carbocycles. The first-order valence-corrected chi connectivity index (χ1v) is 6.33. The maximum atomic E-state index is 12.0. The van der Waals surface area contributed by atoms with E-state index >= 15 is 0 Å². The fraction of sp³-hybridized carbons (Fsp3) is 0.312. The molecule has 0 spiro atoms. The molecule has 2 rings (SSSR count). The molecule has 2 aromatic rings. The number of ketones is 1. The number of Topliss-reactive ketones (excluding diaryl/α,β-unsaturated/α-hetero) is 1. The lowest BCUT2D eigenvalue weighted by atomic mass is 9.99. The number of carbonyl (C=O) groups excluding carboxylic acids is 1. The van der Waals surface area contributed by atoms with E-state index in [1.165, 1.54) is 5.39 Å². The summed E-state index contributed by atoms with van der Waals surface area (Å²) in [6, 6.07) is 14.2. The summed E-state index contributed by atoms with van der Waals surface area (Å²) in [6.07, 6.45) is 0.108. The minimum Gasteiger partial charge on any atom is -0.371 e. The average Bonchev–Trinajstić information content (AvgIpc) is 2.39. The summed E-state index contributed by atoms with van der Waals surface area (Å²) in [5.41, 5.74) is 1.07. The fourth-order valence-electron chi connectivity index (χ4n) is 2.12. The molecule has 0 bridgehead atoms. The van der Waals surface area contributed by atoms with Gasteiger partial charge in [0.25, 0.3) is 0 Å². The van der Waals surface area contributed by atoms with Crippen molar-refractivity contribution in [2.24, 2.45) is 0 Å². The Hall–Kier alpha value is -1.67. The maximum absolute atomic E-state index is 12.0. The van der Waals surface area contributed by atoms with Crippen molar-refractivity contribution in [1.29, 1.82) is 0 Å². The van der Waals surface area contributed by atoms with Gasteiger partial charge in [0.15, 0.2) is 5.78 Å². The molecule has 0 saturated heterocycles. The normalized spacial score (nSPS) is 12.6. The lowest BCUT2D eigenvalue weighted by Gasteiger charge is -2.11. The molecule has 0 fully saturated rings. The highest BCUT2D eigenvalue weighted by molar-refractivity contribution is 5.92. The van der Waals surface area contributed by atoms with Gasteiger partial charge in [0.2, 0.25) is 0 Å². The van der Waals surface area contributed by atoms with Gasteiger partial charge < -0.3 is 4.74 Å². The van der Waals surface area contributed by atoms with Crippen LogP contribution in [0.5, 0.6) is 0 Å². The molecule has 0 aliphatic rings. The number of benzene rings is 2. The van der Waals surface area contributed by atoms with E-state index in [1.807, 2.05) is 38.1 Å². The van der Waals surface area contributed by atoms with Crippen LogP contribution >= 0.6 is 0 Å². The topological polar surface area (TPSA) is 26.3 Å². The molecule has 2 nitrogen and oxygen atoms in total. The van der Waals surface area contributed by atoms with E-state index in [1.54, 1.807) is 0 Å². The fourth-order valence-corrected chi connectivity index (χ4v) is 2.12. The molecule has 2 heteroatoms. The lowest BCUT2D eigenvalue weighted by Crippen LogP contribution is -2.22. The van der Waals surface area contributed by atoms with E-state index in [0.717, 1.165) is 10.9 Å². The van der Waals surface area contributed by atoms with E-state index in [-0.39, 0.29) is 11.9 Å². The second-order valence-electron chi connectivity index (χ2n) is 4.38. The average molecular weight is 242 g/mol. The van der Waals surface area contributed by atoms with Gasteiger partial charge in [0.05, 0.1) is 0 Å². The van der Waals surface area contributed by atoms with Gasteiger partial charge in [-0.05, 0) is 30.2 Å². The smallest absolute Gasteiger partial charge is 0.165 e. The summed E-state index contributed by atoms with van der Waals surface area (Å²) in [7, 11) is 0. The number of carbonyl (C=O) groups is 1. The van der Waals surface area contributed by atoms with Crippen molar-refractivity contribution in [1.82, 2.24) is 0 Å². The zero-order chi connectivity index (χ0) is 13.0. The Morgan fingerprint density at radius 2 is 1.89 bits per heavy atom. The maximum Gasteiger partial charge on any atom is 0.165 e. The Labute approximate surface area is 108 Å². The summed E-state index contributed by atoms with van der Waals surface area (Å²) < 4.78 is 5.34. The number of hydrogen-bond donors (Lipinski definition) is 0. The molecule has 0 radical (unpaired) electrons. The Balaban J connectivity index is 2.24. The molecular weight excluding hydrogens is 224 g/mol. The Kier molecular flexibility index (Phi) is 4.11. The van der Waals surface area contributed by atoms with E-state index in [2.05, 4.69) is 18.2 Å². The van der Waals surface area contributed by atoms with Crippen LogP contribution in [0.4, 0.5) is 0 Å². The van der Waals surface area contributed by atoms with Crippen molar-refractivity contribution in [3.05, 3.63) is 48.0 Å². The second kappa shape index (κ2) is 5.78. The summed E-state index contributed by atoms with van der Waals surface area (Å²) in [5.74, 6) is 0.133.